The van der Waals surface area contributed by atoms with E-state index >= 15 is 0 Å². The zero-order valence-corrected chi connectivity index (χ0v) is 26.7. The van der Waals surface area contributed by atoms with E-state index in [0.717, 1.165) is 49.3 Å². The van der Waals surface area contributed by atoms with Crippen LogP contribution in [0.15, 0.2) is 15.8 Å². The van der Waals surface area contributed by atoms with Crippen LogP contribution in [-0.2, 0) is 23.8 Å². The van der Waals surface area contributed by atoms with E-state index < -0.39 is 53.5 Å². The van der Waals surface area contributed by atoms with Gasteiger partial charge in [0.25, 0.3) is 5.56 Å². The Bertz CT molecular complexity index is 1060. The fourth-order valence-electron chi connectivity index (χ4n) is 5.55. The highest BCUT2D eigenvalue weighted by Crippen LogP contribution is 2.33. The Hall–Kier alpha value is -2.49. The molecule has 1 saturated heterocycles. The molecule has 9 nitrogen and oxygen atoms in total. The molecule has 1 aliphatic rings. The Morgan fingerprint density at radius 1 is 0.744 bits per heavy atom. The third kappa shape index (κ3) is 13.8. The van der Waals surface area contributed by atoms with Gasteiger partial charge in [-0.25, -0.2) is 4.79 Å². The zero-order valence-electron chi connectivity index (χ0n) is 26.7. The lowest BCUT2D eigenvalue weighted by Crippen LogP contribution is -2.42. The van der Waals surface area contributed by atoms with Crippen molar-refractivity contribution < 1.29 is 28.2 Å². The van der Waals surface area contributed by atoms with Crippen molar-refractivity contribution >= 4 is 11.9 Å². The number of nitrogens with zero attached hydrogens (tertiary/aromatic N) is 1. The van der Waals surface area contributed by atoms with Crippen LogP contribution < -0.4 is 11.2 Å². The standard InChI is InChI=1S/C33H55FN2O7/c1-4-6-8-10-12-14-16-18-20-22-27(37)42-29-25(3)41-32(36-24-26(34)31(39)35-33(36)40)30(29)43-28(38)23-21-19-17-15-13-11-9-7-5-2/h24-25,29-30,32H,4-23H2,1-3H3,(H,35,39,40)/t25-,29-,30-,32-/m1/s1. The monoisotopic (exact) mass is 610 g/mol. The molecule has 0 aliphatic carbocycles. The zero-order chi connectivity index (χ0) is 31.5. The Morgan fingerprint density at radius 3 is 1.63 bits per heavy atom. The summed E-state index contributed by atoms with van der Waals surface area (Å²) in [5.74, 6) is -2.13. The molecule has 246 valence electrons. The van der Waals surface area contributed by atoms with Crippen LogP contribution in [0.5, 0.6) is 0 Å². The van der Waals surface area contributed by atoms with E-state index in [1.165, 1.54) is 64.2 Å². The number of halogens is 1. The molecule has 43 heavy (non-hydrogen) atoms. The van der Waals surface area contributed by atoms with Crippen molar-refractivity contribution in [3.8, 4) is 0 Å². The number of aromatic amines is 1. The summed E-state index contributed by atoms with van der Waals surface area (Å²) >= 11 is 0. The molecule has 1 aliphatic heterocycles. The largest absolute Gasteiger partial charge is 0.455 e. The van der Waals surface area contributed by atoms with Crippen molar-refractivity contribution in [1.82, 2.24) is 9.55 Å². The van der Waals surface area contributed by atoms with Gasteiger partial charge >= 0.3 is 17.6 Å². The lowest BCUT2D eigenvalue weighted by molar-refractivity contribution is -0.168. The number of hydrogen-bond acceptors (Lipinski definition) is 7. The van der Waals surface area contributed by atoms with Crippen LogP contribution in [0.25, 0.3) is 0 Å². The van der Waals surface area contributed by atoms with E-state index in [2.05, 4.69) is 13.8 Å². The van der Waals surface area contributed by atoms with Gasteiger partial charge < -0.3 is 14.2 Å². The lowest BCUT2D eigenvalue weighted by Gasteiger charge is -2.24. The molecule has 0 radical (unpaired) electrons. The average molecular weight is 611 g/mol. The predicted molar refractivity (Wildman–Crippen MR) is 164 cm³/mol. The Morgan fingerprint density at radius 2 is 1.16 bits per heavy atom. The van der Waals surface area contributed by atoms with Crippen LogP contribution in [-0.4, -0.2) is 39.8 Å². The number of nitrogens with one attached hydrogen (secondary N) is 1. The van der Waals surface area contributed by atoms with Crippen molar-refractivity contribution in [2.45, 2.75) is 174 Å². The Labute approximate surface area is 256 Å². The van der Waals surface area contributed by atoms with Crippen LogP contribution in [0, 0.1) is 5.82 Å². The van der Waals surface area contributed by atoms with Gasteiger partial charge in [0.2, 0.25) is 5.82 Å². The quantitative estimate of drug-likeness (QED) is 0.102. The second-order valence-corrected chi connectivity index (χ2v) is 11.9. The van der Waals surface area contributed by atoms with Crippen LogP contribution in [0.3, 0.4) is 0 Å². The van der Waals surface area contributed by atoms with Crippen LogP contribution in [0.2, 0.25) is 0 Å². The Kier molecular flexibility index (Phi) is 18.1. The smallest absolute Gasteiger partial charge is 0.330 e. The summed E-state index contributed by atoms with van der Waals surface area (Å²) in [5.41, 5.74) is -2.07. The predicted octanol–water partition coefficient (Wildman–Crippen LogP) is 7.26. The van der Waals surface area contributed by atoms with Gasteiger partial charge in [-0.05, 0) is 19.8 Å². The van der Waals surface area contributed by atoms with Crippen LogP contribution in [0.4, 0.5) is 4.39 Å². The first-order chi connectivity index (χ1) is 20.8. The second kappa shape index (κ2) is 21.3. The first-order valence-electron chi connectivity index (χ1n) is 16.8. The first kappa shape index (κ1) is 36.7. The highest BCUT2D eigenvalue weighted by atomic mass is 19.1. The van der Waals surface area contributed by atoms with Gasteiger partial charge in [-0.2, -0.15) is 4.39 Å². The van der Waals surface area contributed by atoms with Gasteiger partial charge in [0.1, 0.15) is 0 Å². The van der Waals surface area contributed by atoms with Crippen LogP contribution >= 0.6 is 0 Å². The van der Waals surface area contributed by atoms with Gasteiger partial charge in [0.05, 0.1) is 12.3 Å². The third-order valence-electron chi connectivity index (χ3n) is 8.12. The molecule has 10 heteroatoms. The van der Waals surface area contributed by atoms with Gasteiger partial charge in [0, 0.05) is 12.8 Å². The van der Waals surface area contributed by atoms with Gasteiger partial charge in [-0.15, -0.1) is 0 Å². The minimum atomic E-state index is -1.26. The summed E-state index contributed by atoms with van der Waals surface area (Å²) in [5, 5.41) is 0. The summed E-state index contributed by atoms with van der Waals surface area (Å²) in [6.07, 6.45) is 16.9. The average Bonchev–Trinajstić information content (AvgIpc) is 3.26. The van der Waals surface area contributed by atoms with E-state index in [1.807, 2.05) is 4.98 Å². The maximum absolute atomic E-state index is 14.1. The number of rotatable bonds is 23. The van der Waals surface area contributed by atoms with Gasteiger partial charge in [0.15, 0.2) is 18.4 Å². The number of esters is 2. The molecule has 2 heterocycles. The Balaban J connectivity index is 1.92. The van der Waals surface area contributed by atoms with Crippen molar-refractivity contribution in [3.05, 3.63) is 32.9 Å². The molecule has 2 rings (SSSR count). The maximum Gasteiger partial charge on any atom is 0.330 e. The summed E-state index contributed by atoms with van der Waals surface area (Å²) in [7, 11) is 0. The molecule has 0 bridgehead atoms. The molecular weight excluding hydrogens is 555 g/mol. The SMILES string of the molecule is CCCCCCCCCCCC(=O)O[C@@H]1[C@H](OC(=O)CCCCCCCCCCC)[C@@H](C)O[C@H]1n1cc(F)c(=O)[nH]c1=O. The lowest BCUT2D eigenvalue weighted by atomic mass is 10.1. The van der Waals surface area contributed by atoms with E-state index in [0.29, 0.717) is 12.8 Å². The third-order valence-corrected chi connectivity index (χ3v) is 8.12. The number of carbonyl (C=O) groups excluding carboxylic acids is 2. The molecule has 1 aromatic rings. The number of unbranched alkanes of at least 4 members (excludes halogenated alkanes) is 16. The maximum atomic E-state index is 14.1. The summed E-state index contributed by atoms with van der Waals surface area (Å²) in [4.78, 5) is 51.6. The minimum absolute atomic E-state index is 0.168. The highest BCUT2D eigenvalue weighted by molar-refractivity contribution is 5.70. The van der Waals surface area contributed by atoms with Crippen molar-refractivity contribution in [2.75, 3.05) is 0 Å². The van der Waals surface area contributed by atoms with E-state index in [1.54, 1.807) is 6.92 Å². The van der Waals surface area contributed by atoms with E-state index in [9.17, 15) is 23.6 Å². The van der Waals surface area contributed by atoms with Gasteiger partial charge in [-0.3, -0.25) is 23.9 Å². The van der Waals surface area contributed by atoms with Crippen LogP contribution in [0.1, 0.15) is 155 Å². The summed E-state index contributed by atoms with van der Waals surface area (Å²) in [6, 6.07) is 0. The first-order valence-corrected chi connectivity index (χ1v) is 16.8. The molecule has 1 aromatic heterocycles. The fraction of sp³-hybridized carbons (Fsp3) is 0.818. The van der Waals surface area contributed by atoms with E-state index in [4.69, 9.17) is 14.2 Å². The summed E-state index contributed by atoms with van der Waals surface area (Å²) in [6.45, 7) is 6.04. The molecule has 0 aromatic carbocycles. The van der Waals surface area contributed by atoms with Crippen molar-refractivity contribution in [1.29, 1.82) is 0 Å². The topological polar surface area (TPSA) is 117 Å². The van der Waals surface area contributed by atoms with Crippen molar-refractivity contribution in [2.24, 2.45) is 0 Å². The highest BCUT2D eigenvalue weighted by Gasteiger charge is 2.49. The number of H-pyrrole nitrogens is 1. The van der Waals surface area contributed by atoms with Crippen molar-refractivity contribution in [3.63, 3.8) is 0 Å². The van der Waals surface area contributed by atoms with E-state index in [-0.39, 0.29) is 12.8 Å². The number of carbonyl (C=O) groups is 2. The second-order valence-electron chi connectivity index (χ2n) is 11.9. The number of hydrogen-bond donors (Lipinski definition) is 1. The summed E-state index contributed by atoms with van der Waals surface area (Å²) < 4.78 is 32.3. The molecule has 0 amide bonds. The number of ether oxygens (including phenoxy) is 3. The molecule has 4 atom stereocenters. The molecule has 1 N–H and O–H groups in total. The number of aromatic nitrogens is 2. The molecule has 1 fully saturated rings. The molecular formula is C33H55FN2O7. The molecule has 0 saturated carbocycles. The minimum Gasteiger partial charge on any atom is -0.455 e. The molecule has 0 spiro atoms. The normalized spacial score (nSPS) is 19.9. The molecule has 0 unspecified atom stereocenters. The van der Waals surface area contributed by atoms with Gasteiger partial charge in [-0.1, -0.05) is 117 Å². The fourth-order valence-corrected chi connectivity index (χ4v) is 5.55.